The fourth-order valence-corrected chi connectivity index (χ4v) is 4.78. The third-order valence-corrected chi connectivity index (χ3v) is 5.97. The summed E-state index contributed by atoms with van der Waals surface area (Å²) >= 11 is 0. The van der Waals surface area contributed by atoms with Crippen molar-refractivity contribution in [3.05, 3.63) is 23.8 Å². The van der Waals surface area contributed by atoms with Gasteiger partial charge in [0.05, 0.1) is 18.1 Å². The zero-order chi connectivity index (χ0) is 20.0. The quantitative estimate of drug-likeness (QED) is 0.671. The smallest absolute Gasteiger partial charge is 0.341 e. The predicted octanol–water partition coefficient (Wildman–Crippen LogP) is 1.59. The van der Waals surface area contributed by atoms with E-state index >= 15 is 0 Å². The second kappa shape index (κ2) is 9.07. The summed E-state index contributed by atoms with van der Waals surface area (Å²) < 4.78 is 34.3. The first kappa shape index (κ1) is 21.0. The molecule has 1 aliphatic heterocycles. The number of carboxylic acid groups (broad SMARTS) is 1. The number of hydrogen-bond acceptors (Lipinski definition) is 6. The lowest BCUT2D eigenvalue weighted by Crippen LogP contribution is -2.41. The Morgan fingerprint density at radius 2 is 1.96 bits per heavy atom. The van der Waals surface area contributed by atoms with Crippen LogP contribution in [0.15, 0.2) is 18.2 Å². The Bertz CT molecular complexity index is 791. The average Bonchev–Trinajstić information content (AvgIpc) is 2.97. The first-order valence-electron chi connectivity index (χ1n) is 8.90. The Balaban J connectivity index is 2.26. The highest BCUT2D eigenvalue weighted by molar-refractivity contribution is 7.91. The number of ether oxygens (including phenoxy) is 2. The molecule has 1 N–H and O–H groups in total. The summed E-state index contributed by atoms with van der Waals surface area (Å²) in [6.07, 6.45) is 1.15. The van der Waals surface area contributed by atoms with Gasteiger partial charge in [0.1, 0.15) is 0 Å². The molecule has 1 heterocycles. The summed E-state index contributed by atoms with van der Waals surface area (Å²) in [4.78, 5) is 25.3. The number of rotatable bonds is 9. The number of carbonyl (C=O) groups excluding carboxylic acids is 1. The van der Waals surface area contributed by atoms with Gasteiger partial charge in [-0.2, -0.15) is 0 Å². The van der Waals surface area contributed by atoms with Crippen LogP contribution < -0.4 is 9.47 Å². The van der Waals surface area contributed by atoms with Crippen LogP contribution in [0.2, 0.25) is 0 Å². The van der Waals surface area contributed by atoms with E-state index in [-0.39, 0.29) is 35.0 Å². The summed E-state index contributed by atoms with van der Waals surface area (Å²) in [6.45, 7) is 3.95. The lowest BCUT2D eigenvalue weighted by molar-refractivity contribution is -0.139. The Hall–Kier alpha value is -2.29. The summed E-state index contributed by atoms with van der Waals surface area (Å²) in [5.74, 6) is -0.797. The van der Waals surface area contributed by atoms with Crippen LogP contribution in [0.3, 0.4) is 0 Å². The Kier molecular flexibility index (Phi) is 7.06. The highest BCUT2D eigenvalue weighted by atomic mass is 32.2. The number of sulfone groups is 1. The molecule has 1 amide bonds. The minimum Gasteiger partial charge on any atom is -0.490 e. The Morgan fingerprint density at radius 3 is 2.52 bits per heavy atom. The van der Waals surface area contributed by atoms with Crippen LogP contribution in [0, 0.1) is 0 Å². The second-order valence-electron chi connectivity index (χ2n) is 6.33. The molecule has 27 heavy (non-hydrogen) atoms. The standard InChI is InChI=1S/C18H25NO7S/c1-3-8-19(14-7-9-27(23,24)12-14)18(22)13-5-6-15(26-11-17(20)21)16(10-13)25-4-2/h5-6,10,14H,3-4,7-9,11-12H2,1-2H3,(H,20,21). The van der Waals surface area contributed by atoms with Gasteiger partial charge in [0.15, 0.2) is 27.9 Å². The number of carboxylic acids is 1. The molecule has 1 aromatic carbocycles. The lowest BCUT2D eigenvalue weighted by Gasteiger charge is -2.28. The molecule has 0 bridgehead atoms. The maximum Gasteiger partial charge on any atom is 0.341 e. The van der Waals surface area contributed by atoms with Crippen molar-refractivity contribution >= 4 is 21.7 Å². The summed E-state index contributed by atoms with van der Waals surface area (Å²) in [5, 5.41) is 8.76. The van der Waals surface area contributed by atoms with E-state index in [1.165, 1.54) is 18.2 Å². The Labute approximate surface area is 159 Å². The normalized spacial score (nSPS) is 18.1. The third kappa shape index (κ3) is 5.59. The largest absolute Gasteiger partial charge is 0.490 e. The van der Waals surface area contributed by atoms with Gasteiger partial charge in [-0.1, -0.05) is 6.92 Å². The van der Waals surface area contributed by atoms with E-state index in [1.807, 2.05) is 6.92 Å². The SMILES string of the molecule is CCCN(C(=O)c1ccc(OCC(=O)O)c(OCC)c1)C1CCS(=O)(=O)C1. The van der Waals surface area contributed by atoms with Crippen molar-refractivity contribution in [2.45, 2.75) is 32.7 Å². The van der Waals surface area contributed by atoms with E-state index in [2.05, 4.69) is 0 Å². The molecule has 1 aromatic rings. The molecule has 8 nitrogen and oxygen atoms in total. The second-order valence-corrected chi connectivity index (χ2v) is 8.56. The lowest BCUT2D eigenvalue weighted by atomic mass is 10.1. The first-order chi connectivity index (χ1) is 12.8. The Morgan fingerprint density at radius 1 is 1.22 bits per heavy atom. The van der Waals surface area contributed by atoms with Crippen molar-refractivity contribution < 1.29 is 32.6 Å². The molecule has 1 aliphatic rings. The van der Waals surface area contributed by atoms with Crippen LogP contribution in [-0.2, 0) is 14.6 Å². The molecule has 0 aliphatic carbocycles. The van der Waals surface area contributed by atoms with Crippen LogP contribution in [0.25, 0.3) is 0 Å². The molecule has 9 heteroatoms. The number of benzene rings is 1. The van der Waals surface area contributed by atoms with Crippen LogP contribution in [0.4, 0.5) is 0 Å². The molecule has 1 unspecified atom stereocenters. The van der Waals surface area contributed by atoms with Crippen LogP contribution in [0.5, 0.6) is 11.5 Å². The molecule has 1 saturated heterocycles. The van der Waals surface area contributed by atoms with E-state index in [1.54, 1.807) is 11.8 Å². The van der Waals surface area contributed by atoms with E-state index in [0.717, 1.165) is 0 Å². The highest BCUT2D eigenvalue weighted by Crippen LogP contribution is 2.30. The molecule has 1 atom stereocenters. The van der Waals surface area contributed by atoms with Gasteiger partial charge in [0.25, 0.3) is 5.91 Å². The number of aliphatic carboxylic acids is 1. The third-order valence-electron chi connectivity index (χ3n) is 4.22. The van der Waals surface area contributed by atoms with Crippen molar-refractivity contribution in [3.63, 3.8) is 0 Å². The van der Waals surface area contributed by atoms with E-state index in [0.29, 0.717) is 31.6 Å². The number of nitrogens with zero attached hydrogens (tertiary/aromatic N) is 1. The fourth-order valence-electron chi connectivity index (χ4n) is 3.05. The summed E-state index contributed by atoms with van der Waals surface area (Å²) in [5.41, 5.74) is 0.346. The maximum absolute atomic E-state index is 13.0. The van der Waals surface area contributed by atoms with Crippen molar-refractivity contribution in [1.82, 2.24) is 4.90 Å². The molecule has 2 rings (SSSR count). The van der Waals surface area contributed by atoms with Gasteiger partial charge in [-0.3, -0.25) is 4.79 Å². The van der Waals surface area contributed by atoms with Crippen molar-refractivity contribution in [3.8, 4) is 11.5 Å². The van der Waals surface area contributed by atoms with Gasteiger partial charge in [-0.05, 0) is 38.0 Å². The highest BCUT2D eigenvalue weighted by Gasteiger charge is 2.34. The van der Waals surface area contributed by atoms with Gasteiger partial charge in [-0.25, -0.2) is 13.2 Å². The molecule has 0 radical (unpaired) electrons. The zero-order valence-electron chi connectivity index (χ0n) is 15.5. The predicted molar refractivity (Wildman–Crippen MR) is 99.1 cm³/mol. The van der Waals surface area contributed by atoms with E-state index < -0.39 is 22.4 Å². The molecule has 0 saturated carbocycles. The minimum atomic E-state index is -3.11. The van der Waals surface area contributed by atoms with E-state index in [9.17, 15) is 18.0 Å². The van der Waals surface area contributed by atoms with Crippen LogP contribution in [-0.4, -0.2) is 67.6 Å². The number of carbonyl (C=O) groups is 2. The van der Waals surface area contributed by atoms with Gasteiger partial charge in [0.2, 0.25) is 0 Å². The minimum absolute atomic E-state index is 0.0170. The molecule has 0 aromatic heterocycles. The van der Waals surface area contributed by atoms with Crippen LogP contribution >= 0.6 is 0 Å². The van der Waals surface area contributed by atoms with Crippen molar-refractivity contribution in [2.24, 2.45) is 0 Å². The number of hydrogen-bond donors (Lipinski definition) is 1. The van der Waals surface area contributed by atoms with Gasteiger partial charge < -0.3 is 19.5 Å². The molecular weight excluding hydrogens is 374 g/mol. The molecular formula is C18H25NO7S. The zero-order valence-corrected chi connectivity index (χ0v) is 16.3. The summed E-state index contributed by atoms with van der Waals surface area (Å²) in [7, 11) is -3.11. The fraction of sp³-hybridized carbons (Fsp3) is 0.556. The average molecular weight is 399 g/mol. The van der Waals surface area contributed by atoms with E-state index in [4.69, 9.17) is 14.6 Å². The van der Waals surface area contributed by atoms with Gasteiger partial charge >= 0.3 is 5.97 Å². The van der Waals surface area contributed by atoms with Crippen LogP contribution in [0.1, 0.15) is 37.0 Å². The molecule has 150 valence electrons. The van der Waals surface area contributed by atoms with Gasteiger partial charge in [-0.15, -0.1) is 0 Å². The van der Waals surface area contributed by atoms with Crippen molar-refractivity contribution in [1.29, 1.82) is 0 Å². The summed E-state index contributed by atoms with van der Waals surface area (Å²) in [6, 6.07) is 4.21. The number of amides is 1. The molecule has 0 spiro atoms. The van der Waals surface area contributed by atoms with Crippen molar-refractivity contribution in [2.75, 3.05) is 31.3 Å². The monoisotopic (exact) mass is 399 g/mol. The molecule has 1 fully saturated rings. The maximum atomic E-state index is 13.0. The topological polar surface area (TPSA) is 110 Å². The first-order valence-corrected chi connectivity index (χ1v) is 10.7. The van der Waals surface area contributed by atoms with Gasteiger partial charge in [0, 0.05) is 18.2 Å².